The van der Waals surface area contributed by atoms with Gasteiger partial charge in [-0.25, -0.2) is 9.18 Å². The molecule has 10 heteroatoms. The predicted molar refractivity (Wildman–Crippen MR) is 129 cm³/mol. The maximum Gasteiger partial charge on any atom is 0.410 e. The maximum atomic E-state index is 15.0. The van der Waals surface area contributed by atoms with Crippen molar-refractivity contribution in [1.82, 2.24) is 15.5 Å². The van der Waals surface area contributed by atoms with Crippen molar-refractivity contribution < 1.29 is 28.2 Å². The first kappa shape index (κ1) is 25.1. The van der Waals surface area contributed by atoms with Crippen LogP contribution < -0.4 is 15.4 Å². The van der Waals surface area contributed by atoms with E-state index in [-0.39, 0.29) is 37.1 Å². The molecule has 0 spiro atoms. The number of hydrogen-bond donors (Lipinski definition) is 2. The number of ether oxygens (including phenoxy) is 2. The highest BCUT2D eigenvalue weighted by atomic mass is 79.9. The molecule has 1 saturated heterocycles. The van der Waals surface area contributed by atoms with Gasteiger partial charge in [0.05, 0.1) is 6.04 Å². The second kappa shape index (κ2) is 9.94. The molecule has 2 aliphatic rings. The molecule has 4 rings (SSSR count). The molecule has 1 fully saturated rings. The standard InChI is InChI=1S/C25H27BrFN3O5/c1-25(2,3)35-24(33)30-12-14-9-18(27)21(10-15(14)13-30)34-20-6-4-5-17(26)16(20)11-28-19-7-8-22(31)29-23(19)32/h4-6,9-10,19,28H,7-8,11-13H2,1-3H3,(H,29,31,32). The Balaban J connectivity index is 1.49. The zero-order valence-corrected chi connectivity index (χ0v) is 21.3. The Bertz CT molecular complexity index is 1180. The Morgan fingerprint density at radius 1 is 1.20 bits per heavy atom. The van der Waals surface area contributed by atoms with E-state index in [0.29, 0.717) is 29.8 Å². The molecule has 1 unspecified atom stereocenters. The third-order valence-electron chi connectivity index (χ3n) is 5.69. The van der Waals surface area contributed by atoms with Crippen molar-refractivity contribution in [3.63, 3.8) is 0 Å². The van der Waals surface area contributed by atoms with Crippen molar-refractivity contribution in [3.8, 4) is 11.5 Å². The minimum atomic E-state index is -0.621. The number of fused-ring (bicyclic) bond motifs is 1. The quantitative estimate of drug-likeness (QED) is 0.534. The predicted octanol–water partition coefficient (Wildman–Crippen LogP) is 4.53. The van der Waals surface area contributed by atoms with Crippen molar-refractivity contribution in [2.45, 2.75) is 64.9 Å². The van der Waals surface area contributed by atoms with Crippen molar-refractivity contribution in [2.24, 2.45) is 0 Å². The normalized spacial score (nSPS) is 17.7. The maximum absolute atomic E-state index is 15.0. The Kier molecular flexibility index (Phi) is 7.14. The minimum absolute atomic E-state index is 0.0372. The molecular weight excluding hydrogens is 521 g/mol. The highest BCUT2D eigenvalue weighted by molar-refractivity contribution is 9.10. The molecule has 0 aliphatic carbocycles. The number of carbonyl (C=O) groups excluding carboxylic acids is 3. The number of amides is 3. The van der Waals surface area contributed by atoms with Gasteiger partial charge in [0.2, 0.25) is 11.8 Å². The summed E-state index contributed by atoms with van der Waals surface area (Å²) in [6, 6.07) is 7.78. The van der Waals surface area contributed by atoms with E-state index in [1.165, 1.54) is 11.0 Å². The van der Waals surface area contributed by atoms with E-state index in [1.807, 2.05) is 6.07 Å². The van der Waals surface area contributed by atoms with Gasteiger partial charge in [-0.2, -0.15) is 0 Å². The molecule has 0 radical (unpaired) electrons. The van der Waals surface area contributed by atoms with Gasteiger partial charge in [0.15, 0.2) is 11.6 Å². The first-order chi connectivity index (χ1) is 16.5. The number of hydrogen-bond acceptors (Lipinski definition) is 6. The van der Waals surface area contributed by atoms with E-state index in [1.54, 1.807) is 39.0 Å². The average Bonchev–Trinajstić information content (AvgIpc) is 3.16. The summed E-state index contributed by atoms with van der Waals surface area (Å²) < 4.78 is 27.1. The molecule has 186 valence electrons. The molecule has 0 bridgehead atoms. The molecule has 2 aromatic rings. The number of benzene rings is 2. The molecule has 2 heterocycles. The van der Waals surface area contributed by atoms with Crippen LogP contribution in [0, 0.1) is 5.82 Å². The first-order valence-electron chi connectivity index (χ1n) is 11.3. The van der Waals surface area contributed by atoms with Gasteiger partial charge < -0.3 is 14.8 Å². The summed E-state index contributed by atoms with van der Waals surface area (Å²) in [6.45, 7) is 6.21. The second-order valence-electron chi connectivity index (χ2n) is 9.59. The van der Waals surface area contributed by atoms with E-state index in [9.17, 15) is 18.8 Å². The molecule has 3 amide bonds. The zero-order valence-electron chi connectivity index (χ0n) is 19.7. The SMILES string of the molecule is CC(C)(C)OC(=O)N1Cc2cc(F)c(Oc3cccc(Br)c3CNC3CCC(=O)NC3=O)cc2C1. The second-order valence-corrected chi connectivity index (χ2v) is 10.4. The van der Waals surface area contributed by atoms with Gasteiger partial charge in [-0.3, -0.25) is 19.8 Å². The Morgan fingerprint density at radius 3 is 2.60 bits per heavy atom. The number of piperidine rings is 1. The van der Waals surface area contributed by atoms with E-state index in [0.717, 1.165) is 10.0 Å². The topological polar surface area (TPSA) is 97.0 Å². The Hall–Kier alpha value is -2.98. The molecule has 0 aromatic heterocycles. The van der Waals surface area contributed by atoms with Gasteiger partial charge in [-0.1, -0.05) is 22.0 Å². The van der Waals surface area contributed by atoms with Crippen molar-refractivity contribution in [1.29, 1.82) is 0 Å². The number of halogens is 2. The number of rotatable bonds is 5. The van der Waals surface area contributed by atoms with Crippen molar-refractivity contribution in [2.75, 3.05) is 0 Å². The smallest absolute Gasteiger partial charge is 0.410 e. The molecule has 35 heavy (non-hydrogen) atoms. The third kappa shape index (κ3) is 5.99. The van der Waals surface area contributed by atoms with Crippen LogP contribution in [0.25, 0.3) is 0 Å². The van der Waals surface area contributed by atoms with Crippen LogP contribution in [0.2, 0.25) is 0 Å². The lowest BCUT2D eigenvalue weighted by Crippen LogP contribution is -2.50. The molecule has 2 aromatic carbocycles. The lowest BCUT2D eigenvalue weighted by molar-refractivity contribution is -0.134. The van der Waals surface area contributed by atoms with E-state index < -0.39 is 23.6 Å². The van der Waals surface area contributed by atoms with Gasteiger partial charge in [0.1, 0.15) is 11.4 Å². The Morgan fingerprint density at radius 2 is 1.91 bits per heavy atom. The monoisotopic (exact) mass is 547 g/mol. The molecule has 0 saturated carbocycles. The highest BCUT2D eigenvalue weighted by Crippen LogP contribution is 2.35. The van der Waals surface area contributed by atoms with Crippen molar-refractivity contribution in [3.05, 3.63) is 57.3 Å². The molecule has 1 atom stereocenters. The van der Waals surface area contributed by atoms with Crippen molar-refractivity contribution >= 4 is 33.8 Å². The Labute approximate surface area is 211 Å². The molecule has 2 N–H and O–H groups in total. The largest absolute Gasteiger partial charge is 0.454 e. The van der Waals surface area contributed by atoms with Crippen LogP contribution in [0.1, 0.15) is 50.3 Å². The summed E-state index contributed by atoms with van der Waals surface area (Å²) in [5, 5.41) is 5.46. The van der Waals surface area contributed by atoms with Gasteiger partial charge in [0.25, 0.3) is 0 Å². The summed E-state index contributed by atoms with van der Waals surface area (Å²) in [4.78, 5) is 37.4. The number of imide groups is 1. The zero-order chi connectivity index (χ0) is 25.3. The van der Waals surface area contributed by atoms with Crippen LogP contribution in [-0.4, -0.2) is 34.5 Å². The van der Waals surface area contributed by atoms with Crippen LogP contribution in [0.15, 0.2) is 34.8 Å². The van der Waals surface area contributed by atoms with Crippen LogP contribution in [0.3, 0.4) is 0 Å². The number of carbonyl (C=O) groups is 3. The van der Waals surface area contributed by atoms with E-state index in [2.05, 4.69) is 26.6 Å². The lowest BCUT2D eigenvalue weighted by Gasteiger charge is -2.24. The average molecular weight is 548 g/mol. The third-order valence-corrected chi connectivity index (χ3v) is 6.43. The summed E-state index contributed by atoms with van der Waals surface area (Å²) in [5.74, 6) is -0.737. The van der Waals surface area contributed by atoms with Gasteiger partial charge in [-0.05, 0) is 62.6 Å². The van der Waals surface area contributed by atoms with Gasteiger partial charge in [-0.15, -0.1) is 0 Å². The fourth-order valence-corrected chi connectivity index (χ4v) is 4.46. The number of nitrogens with one attached hydrogen (secondary N) is 2. The molecular formula is C25H27BrFN3O5. The van der Waals surface area contributed by atoms with Gasteiger partial charge >= 0.3 is 6.09 Å². The number of nitrogens with zero attached hydrogens (tertiary/aromatic N) is 1. The van der Waals surface area contributed by atoms with Crippen LogP contribution in [0.4, 0.5) is 9.18 Å². The lowest BCUT2D eigenvalue weighted by atomic mass is 10.1. The summed E-state index contributed by atoms with van der Waals surface area (Å²) in [5.41, 5.74) is 1.57. The first-order valence-corrected chi connectivity index (χ1v) is 12.1. The summed E-state index contributed by atoms with van der Waals surface area (Å²) in [7, 11) is 0. The summed E-state index contributed by atoms with van der Waals surface area (Å²) in [6.07, 6.45) is 0.216. The summed E-state index contributed by atoms with van der Waals surface area (Å²) >= 11 is 3.50. The van der Waals surface area contributed by atoms with Crippen LogP contribution in [0.5, 0.6) is 11.5 Å². The molecule has 2 aliphatic heterocycles. The fourth-order valence-electron chi connectivity index (χ4n) is 3.97. The van der Waals surface area contributed by atoms with Gasteiger partial charge in [0, 0.05) is 36.1 Å². The van der Waals surface area contributed by atoms with E-state index >= 15 is 0 Å². The van der Waals surface area contributed by atoms with Crippen LogP contribution >= 0.6 is 15.9 Å². The van der Waals surface area contributed by atoms with E-state index in [4.69, 9.17) is 9.47 Å². The van der Waals surface area contributed by atoms with Crippen LogP contribution in [-0.2, 0) is 34.0 Å². The molecule has 8 nitrogen and oxygen atoms in total. The minimum Gasteiger partial charge on any atom is -0.454 e. The fraction of sp³-hybridized carbons (Fsp3) is 0.400. The highest BCUT2D eigenvalue weighted by Gasteiger charge is 2.30.